The highest BCUT2D eigenvalue weighted by molar-refractivity contribution is 7.80. The van der Waals surface area contributed by atoms with Crippen molar-refractivity contribution in [2.24, 2.45) is 17.6 Å². The van der Waals surface area contributed by atoms with Gasteiger partial charge in [-0.3, -0.25) is 0 Å². The van der Waals surface area contributed by atoms with Gasteiger partial charge in [0.25, 0.3) is 0 Å². The highest BCUT2D eigenvalue weighted by Gasteiger charge is 2.36. The maximum Gasteiger partial charge on any atom is 0.107 e. The van der Waals surface area contributed by atoms with Gasteiger partial charge in [-0.25, -0.2) is 0 Å². The molecule has 4 heteroatoms. The molecule has 3 rings (SSSR count). The highest BCUT2D eigenvalue weighted by atomic mass is 35.5. The number of nitrogens with zero attached hydrogens (tertiary/aromatic N) is 1. The molecule has 96 valence electrons. The third-order valence-corrected chi connectivity index (χ3v) is 4.82. The second kappa shape index (κ2) is 4.71. The fourth-order valence-corrected chi connectivity index (χ4v) is 3.99. The Kier molecular flexibility index (Phi) is 3.20. The minimum Gasteiger partial charge on any atom is -0.389 e. The number of halogens is 1. The van der Waals surface area contributed by atoms with E-state index >= 15 is 0 Å². The topological polar surface area (TPSA) is 29.3 Å². The maximum absolute atomic E-state index is 6.23. The number of thiocarbonyl (C=S) groups is 1. The van der Waals surface area contributed by atoms with Crippen LogP contribution in [0.25, 0.3) is 0 Å². The van der Waals surface area contributed by atoms with E-state index in [-0.39, 0.29) is 0 Å². The smallest absolute Gasteiger partial charge is 0.107 e. The molecule has 0 amide bonds. The molecule has 2 atom stereocenters. The van der Waals surface area contributed by atoms with Crippen LogP contribution in [0.1, 0.15) is 24.8 Å². The summed E-state index contributed by atoms with van der Waals surface area (Å²) >= 11 is 11.4. The van der Waals surface area contributed by atoms with Gasteiger partial charge in [-0.2, -0.15) is 0 Å². The zero-order valence-electron chi connectivity index (χ0n) is 10.2. The van der Waals surface area contributed by atoms with Crippen molar-refractivity contribution in [2.75, 3.05) is 18.0 Å². The number of hydrogen-bond acceptors (Lipinski definition) is 2. The summed E-state index contributed by atoms with van der Waals surface area (Å²) in [6, 6.07) is 5.92. The molecule has 0 bridgehead atoms. The lowest BCUT2D eigenvalue weighted by Gasteiger charge is -2.23. The summed E-state index contributed by atoms with van der Waals surface area (Å²) in [5.74, 6) is 1.70. The predicted molar refractivity (Wildman–Crippen MR) is 80.4 cm³/mol. The molecule has 1 aliphatic carbocycles. The summed E-state index contributed by atoms with van der Waals surface area (Å²) in [6.45, 7) is 2.25. The van der Waals surface area contributed by atoms with E-state index < -0.39 is 0 Å². The van der Waals surface area contributed by atoms with E-state index in [0.717, 1.165) is 36.2 Å². The average Bonchev–Trinajstić information content (AvgIpc) is 2.87. The van der Waals surface area contributed by atoms with E-state index in [9.17, 15) is 0 Å². The van der Waals surface area contributed by atoms with Crippen LogP contribution in [0.15, 0.2) is 18.2 Å². The Labute approximate surface area is 118 Å². The van der Waals surface area contributed by atoms with Crippen molar-refractivity contribution >= 4 is 34.5 Å². The summed E-state index contributed by atoms with van der Waals surface area (Å²) in [4.78, 5) is 2.81. The second-order valence-electron chi connectivity index (χ2n) is 5.35. The van der Waals surface area contributed by atoms with Crippen molar-refractivity contribution < 1.29 is 0 Å². The molecule has 2 unspecified atom stereocenters. The van der Waals surface area contributed by atoms with Gasteiger partial charge in [-0.15, -0.1) is 0 Å². The first-order valence-corrected chi connectivity index (χ1v) is 7.28. The third kappa shape index (κ3) is 1.99. The Morgan fingerprint density at radius 3 is 2.56 bits per heavy atom. The Morgan fingerprint density at radius 1 is 1.28 bits per heavy atom. The second-order valence-corrected chi connectivity index (χ2v) is 6.20. The van der Waals surface area contributed by atoms with Crippen LogP contribution in [0.2, 0.25) is 5.02 Å². The Hall–Kier alpha value is -0.800. The van der Waals surface area contributed by atoms with Gasteiger partial charge in [0.15, 0.2) is 0 Å². The number of nitrogens with two attached hydrogens (primary N) is 1. The van der Waals surface area contributed by atoms with Crippen LogP contribution < -0.4 is 10.6 Å². The summed E-state index contributed by atoms with van der Waals surface area (Å²) in [7, 11) is 0. The normalized spacial score (nSPS) is 26.4. The largest absolute Gasteiger partial charge is 0.389 e. The molecule has 1 saturated carbocycles. The van der Waals surface area contributed by atoms with E-state index in [4.69, 9.17) is 29.6 Å². The van der Waals surface area contributed by atoms with E-state index in [1.165, 1.54) is 19.3 Å². The van der Waals surface area contributed by atoms with Crippen LogP contribution in [0, 0.1) is 11.8 Å². The predicted octanol–water partition coefficient (Wildman–Crippen LogP) is 3.21. The Bertz CT molecular complexity index is 477. The van der Waals surface area contributed by atoms with Gasteiger partial charge in [0.1, 0.15) is 4.99 Å². The first kappa shape index (κ1) is 12.2. The van der Waals surface area contributed by atoms with E-state index in [1.807, 2.05) is 12.1 Å². The van der Waals surface area contributed by atoms with Gasteiger partial charge in [0.05, 0.1) is 10.6 Å². The fourth-order valence-electron chi connectivity index (χ4n) is 3.45. The van der Waals surface area contributed by atoms with Crippen molar-refractivity contribution in [1.29, 1.82) is 0 Å². The average molecular weight is 281 g/mol. The first-order chi connectivity index (χ1) is 8.66. The van der Waals surface area contributed by atoms with Gasteiger partial charge in [-0.05, 0) is 36.8 Å². The molecule has 1 heterocycles. The number of anilines is 1. The summed E-state index contributed by atoms with van der Waals surface area (Å²) in [5, 5.41) is 0.664. The number of benzene rings is 1. The van der Waals surface area contributed by atoms with Gasteiger partial charge in [0.2, 0.25) is 0 Å². The molecule has 2 nitrogen and oxygen atoms in total. The van der Waals surface area contributed by atoms with Crippen molar-refractivity contribution in [3.8, 4) is 0 Å². The SMILES string of the molecule is NC(=S)c1c(Cl)cccc1N1CC2CCCC2C1. The van der Waals surface area contributed by atoms with Crippen LogP contribution >= 0.6 is 23.8 Å². The minimum atomic E-state index is 0.396. The van der Waals surface area contributed by atoms with Gasteiger partial charge < -0.3 is 10.6 Å². The molecule has 2 aliphatic rings. The molecule has 0 radical (unpaired) electrons. The molecular formula is C14H17ClN2S. The summed E-state index contributed by atoms with van der Waals surface area (Å²) in [6.07, 6.45) is 4.12. The number of fused-ring (bicyclic) bond motifs is 1. The Morgan fingerprint density at radius 2 is 1.94 bits per heavy atom. The molecule has 1 saturated heterocycles. The quantitative estimate of drug-likeness (QED) is 0.844. The van der Waals surface area contributed by atoms with Crippen molar-refractivity contribution in [1.82, 2.24) is 0 Å². The number of rotatable bonds is 2. The summed E-state index contributed by atoms with van der Waals surface area (Å²) in [5.41, 5.74) is 7.78. The number of hydrogen-bond donors (Lipinski definition) is 1. The molecule has 1 aromatic rings. The zero-order chi connectivity index (χ0) is 12.7. The molecule has 0 spiro atoms. The van der Waals surface area contributed by atoms with Crippen molar-refractivity contribution in [3.05, 3.63) is 28.8 Å². The van der Waals surface area contributed by atoms with Gasteiger partial charge in [-0.1, -0.05) is 36.3 Å². The third-order valence-electron chi connectivity index (χ3n) is 4.30. The van der Waals surface area contributed by atoms with Gasteiger partial charge >= 0.3 is 0 Å². The monoisotopic (exact) mass is 280 g/mol. The maximum atomic E-state index is 6.23. The molecule has 18 heavy (non-hydrogen) atoms. The van der Waals surface area contributed by atoms with Crippen LogP contribution in [-0.4, -0.2) is 18.1 Å². The molecule has 0 aromatic heterocycles. The molecule has 1 aliphatic heterocycles. The van der Waals surface area contributed by atoms with E-state index in [2.05, 4.69) is 11.0 Å². The highest BCUT2D eigenvalue weighted by Crippen LogP contribution is 2.41. The van der Waals surface area contributed by atoms with Crippen LogP contribution in [0.4, 0.5) is 5.69 Å². The standard InChI is InChI=1S/C14H17ClN2S/c15-11-5-2-6-12(13(11)14(16)18)17-7-9-3-1-4-10(9)8-17/h2,5-6,9-10H,1,3-4,7-8H2,(H2,16,18). The zero-order valence-corrected chi connectivity index (χ0v) is 11.8. The van der Waals surface area contributed by atoms with Crippen LogP contribution in [0.5, 0.6) is 0 Å². The lowest BCUT2D eigenvalue weighted by Crippen LogP contribution is -2.24. The summed E-state index contributed by atoms with van der Waals surface area (Å²) < 4.78 is 0. The Balaban J connectivity index is 1.93. The van der Waals surface area contributed by atoms with Crippen LogP contribution in [0.3, 0.4) is 0 Å². The molecular weight excluding hydrogens is 264 g/mol. The lowest BCUT2D eigenvalue weighted by molar-refractivity contribution is 0.494. The van der Waals surface area contributed by atoms with E-state index in [0.29, 0.717) is 10.0 Å². The lowest BCUT2D eigenvalue weighted by atomic mass is 10.0. The molecule has 1 aromatic carbocycles. The van der Waals surface area contributed by atoms with Crippen molar-refractivity contribution in [3.63, 3.8) is 0 Å². The molecule has 2 N–H and O–H groups in total. The minimum absolute atomic E-state index is 0.396. The van der Waals surface area contributed by atoms with Crippen molar-refractivity contribution in [2.45, 2.75) is 19.3 Å². The molecule has 2 fully saturated rings. The fraction of sp³-hybridized carbons (Fsp3) is 0.500. The first-order valence-electron chi connectivity index (χ1n) is 6.50. The van der Waals surface area contributed by atoms with E-state index in [1.54, 1.807) is 0 Å². The van der Waals surface area contributed by atoms with Crippen LogP contribution in [-0.2, 0) is 0 Å². The van der Waals surface area contributed by atoms with Gasteiger partial charge in [0, 0.05) is 18.8 Å².